The zero-order valence-corrected chi connectivity index (χ0v) is 10.7. The van der Waals surface area contributed by atoms with E-state index in [4.69, 9.17) is 0 Å². The van der Waals surface area contributed by atoms with Gasteiger partial charge in [-0.25, -0.2) is 9.97 Å². The number of benzene rings is 2. The molecule has 0 aliphatic rings. The highest BCUT2D eigenvalue weighted by molar-refractivity contribution is 6.19. The molecule has 4 rings (SSSR count). The van der Waals surface area contributed by atoms with Gasteiger partial charge in [0, 0.05) is 34.4 Å². The highest BCUT2D eigenvalue weighted by Crippen LogP contribution is 2.33. The summed E-state index contributed by atoms with van der Waals surface area (Å²) < 4.78 is 2.34. The maximum Gasteiger partial charge on any atom is 0.116 e. The van der Waals surface area contributed by atoms with Gasteiger partial charge in [0.05, 0.1) is 11.0 Å². The van der Waals surface area contributed by atoms with Crippen molar-refractivity contribution in [3.63, 3.8) is 0 Å². The van der Waals surface area contributed by atoms with Gasteiger partial charge in [0.2, 0.25) is 0 Å². The van der Waals surface area contributed by atoms with Gasteiger partial charge >= 0.3 is 0 Å². The maximum absolute atomic E-state index is 4.48. The summed E-state index contributed by atoms with van der Waals surface area (Å²) in [5.74, 6) is 0. The van der Waals surface area contributed by atoms with Crippen LogP contribution in [0, 0.1) is 0 Å². The maximum atomic E-state index is 4.48. The largest absolute Gasteiger partial charge is 0.341 e. The monoisotopic (exact) mass is 247 g/mol. The Balaban J connectivity index is 2.37. The Morgan fingerprint density at radius 1 is 1.05 bits per heavy atom. The number of rotatable bonds is 1. The van der Waals surface area contributed by atoms with Crippen LogP contribution in [0.15, 0.2) is 48.9 Å². The molecule has 0 saturated carbocycles. The molecular formula is C16H13N3. The fourth-order valence-corrected chi connectivity index (χ4v) is 2.93. The molecule has 4 aromatic rings. The average molecular weight is 247 g/mol. The van der Waals surface area contributed by atoms with Crippen LogP contribution in [0.5, 0.6) is 0 Å². The van der Waals surface area contributed by atoms with Crippen LogP contribution in [0.25, 0.3) is 32.7 Å². The number of aryl methyl sites for hydroxylation is 1. The van der Waals surface area contributed by atoms with Crippen molar-refractivity contribution in [1.82, 2.24) is 14.5 Å². The molecule has 0 unspecified atom stereocenters. The standard InChI is InChI=1S/C16H13N3/c1-2-19-13-6-4-3-5-12(13)15-14(19)8-7-11-9-17-10-18-16(11)15/h3-10H,2H2,1H3. The van der Waals surface area contributed by atoms with Gasteiger partial charge in [0.25, 0.3) is 0 Å². The number of aromatic nitrogens is 3. The fourth-order valence-electron chi connectivity index (χ4n) is 2.93. The second kappa shape index (κ2) is 3.79. The minimum Gasteiger partial charge on any atom is -0.341 e. The summed E-state index contributed by atoms with van der Waals surface area (Å²) in [5.41, 5.74) is 3.55. The number of nitrogens with zero attached hydrogens (tertiary/aromatic N) is 3. The van der Waals surface area contributed by atoms with Gasteiger partial charge in [-0.15, -0.1) is 0 Å². The zero-order valence-electron chi connectivity index (χ0n) is 10.7. The molecule has 2 heterocycles. The predicted octanol–water partition coefficient (Wildman–Crippen LogP) is 3.76. The molecule has 3 heteroatoms. The summed E-state index contributed by atoms with van der Waals surface area (Å²) >= 11 is 0. The first-order valence-electron chi connectivity index (χ1n) is 6.50. The van der Waals surface area contributed by atoms with Crippen LogP contribution >= 0.6 is 0 Å². The molecule has 3 nitrogen and oxygen atoms in total. The van der Waals surface area contributed by atoms with Crippen molar-refractivity contribution in [1.29, 1.82) is 0 Å². The number of hydrogen-bond acceptors (Lipinski definition) is 2. The van der Waals surface area contributed by atoms with Gasteiger partial charge in [-0.2, -0.15) is 0 Å². The molecule has 0 amide bonds. The van der Waals surface area contributed by atoms with Gasteiger partial charge < -0.3 is 4.57 Å². The Hall–Kier alpha value is -2.42. The summed E-state index contributed by atoms with van der Waals surface area (Å²) in [6.45, 7) is 3.14. The molecule has 0 N–H and O–H groups in total. The van der Waals surface area contributed by atoms with Crippen molar-refractivity contribution in [2.45, 2.75) is 13.5 Å². The van der Waals surface area contributed by atoms with Crippen molar-refractivity contribution in [3.8, 4) is 0 Å². The van der Waals surface area contributed by atoms with Crippen molar-refractivity contribution < 1.29 is 0 Å². The third-order valence-corrected chi connectivity index (χ3v) is 3.73. The molecule has 19 heavy (non-hydrogen) atoms. The Bertz CT molecular complexity index is 906. The SMILES string of the molecule is CCn1c2ccccc2c2c3ncncc3ccc21. The summed E-state index contributed by atoms with van der Waals surface area (Å²) in [6, 6.07) is 12.8. The van der Waals surface area contributed by atoms with Crippen LogP contribution in [0.1, 0.15) is 6.92 Å². The van der Waals surface area contributed by atoms with E-state index in [2.05, 4.69) is 57.9 Å². The van der Waals surface area contributed by atoms with Gasteiger partial charge in [-0.3, -0.25) is 0 Å². The molecule has 2 aromatic carbocycles. The lowest BCUT2D eigenvalue weighted by atomic mass is 10.1. The Morgan fingerprint density at radius 3 is 2.84 bits per heavy atom. The van der Waals surface area contributed by atoms with E-state index >= 15 is 0 Å². The van der Waals surface area contributed by atoms with E-state index in [-0.39, 0.29) is 0 Å². The first kappa shape index (κ1) is 10.5. The zero-order chi connectivity index (χ0) is 12.8. The van der Waals surface area contributed by atoms with Gasteiger partial charge in [0.15, 0.2) is 0 Å². The van der Waals surface area contributed by atoms with E-state index in [1.54, 1.807) is 6.33 Å². The van der Waals surface area contributed by atoms with Crippen LogP contribution < -0.4 is 0 Å². The highest BCUT2D eigenvalue weighted by atomic mass is 15.0. The van der Waals surface area contributed by atoms with Crippen LogP contribution in [0.3, 0.4) is 0 Å². The van der Waals surface area contributed by atoms with E-state index < -0.39 is 0 Å². The number of para-hydroxylation sites is 1. The predicted molar refractivity (Wildman–Crippen MR) is 78.2 cm³/mol. The fraction of sp³-hybridized carbons (Fsp3) is 0.125. The van der Waals surface area contributed by atoms with E-state index in [9.17, 15) is 0 Å². The molecule has 0 radical (unpaired) electrons. The first-order chi connectivity index (χ1) is 9.40. The number of fused-ring (bicyclic) bond motifs is 5. The Kier molecular flexibility index (Phi) is 2.09. The van der Waals surface area contributed by atoms with E-state index in [1.807, 2.05) is 6.20 Å². The quantitative estimate of drug-likeness (QED) is 0.512. The molecule has 92 valence electrons. The van der Waals surface area contributed by atoms with E-state index in [0.717, 1.165) is 17.4 Å². The molecule has 0 saturated heterocycles. The summed E-state index contributed by atoms with van der Waals surface area (Å²) in [5, 5.41) is 3.59. The lowest BCUT2D eigenvalue weighted by molar-refractivity contribution is 0.827. The molecule has 0 aliphatic carbocycles. The van der Waals surface area contributed by atoms with Crippen molar-refractivity contribution >= 4 is 32.7 Å². The summed E-state index contributed by atoms with van der Waals surface area (Å²) in [6.07, 6.45) is 3.50. The molecular weight excluding hydrogens is 234 g/mol. The minimum absolute atomic E-state index is 0.959. The van der Waals surface area contributed by atoms with Gasteiger partial charge in [-0.1, -0.05) is 18.2 Å². The van der Waals surface area contributed by atoms with Crippen molar-refractivity contribution in [3.05, 3.63) is 48.9 Å². The molecule has 0 aliphatic heterocycles. The summed E-state index contributed by atoms with van der Waals surface area (Å²) in [7, 11) is 0. The molecule has 0 fully saturated rings. The van der Waals surface area contributed by atoms with Gasteiger partial charge in [-0.05, 0) is 25.1 Å². The third-order valence-electron chi connectivity index (χ3n) is 3.73. The number of hydrogen-bond donors (Lipinski definition) is 0. The first-order valence-corrected chi connectivity index (χ1v) is 6.50. The van der Waals surface area contributed by atoms with Gasteiger partial charge in [0.1, 0.15) is 6.33 Å². The Morgan fingerprint density at radius 2 is 1.95 bits per heavy atom. The molecule has 0 bridgehead atoms. The van der Waals surface area contributed by atoms with Crippen molar-refractivity contribution in [2.75, 3.05) is 0 Å². The van der Waals surface area contributed by atoms with E-state index in [1.165, 1.54) is 21.8 Å². The average Bonchev–Trinajstić information content (AvgIpc) is 2.81. The van der Waals surface area contributed by atoms with Crippen LogP contribution in [-0.2, 0) is 6.54 Å². The van der Waals surface area contributed by atoms with E-state index in [0.29, 0.717) is 0 Å². The van der Waals surface area contributed by atoms with Crippen molar-refractivity contribution in [2.24, 2.45) is 0 Å². The normalized spacial score (nSPS) is 11.6. The summed E-state index contributed by atoms with van der Waals surface area (Å²) in [4.78, 5) is 8.59. The highest BCUT2D eigenvalue weighted by Gasteiger charge is 2.12. The Labute approximate surface area is 110 Å². The minimum atomic E-state index is 0.959. The third kappa shape index (κ3) is 1.32. The topological polar surface area (TPSA) is 30.7 Å². The molecule has 2 aromatic heterocycles. The second-order valence-corrected chi connectivity index (χ2v) is 4.68. The lowest BCUT2D eigenvalue weighted by Crippen LogP contribution is -1.92. The van der Waals surface area contributed by atoms with Crippen LogP contribution in [0.2, 0.25) is 0 Å². The molecule has 0 spiro atoms. The van der Waals surface area contributed by atoms with Crippen LogP contribution in [0.4, 0.5) is 0 Å². The van der Waals surface area contributed by atoms with Crippen LogP contribution in [-0.4, -0.2) is 14.5 Å². The second-order valence-electron chi connectivity index (χ2n) is 4.68. The lowest BCUT2D eigenvalue weighted by Gasteiger charge is -2.03. The smallest absolute Gasteiger partial charge is 0.116 e. The molecule has 0 atom stereocenters.